The molecule has 0 amide bonds. The van der Waals surface area contributed by atoms with Crippen molar-refractivity contribution in [2.24, 2.45) is 0 Å². The molecule has 0 radical (unpaired) electrons. The zero-order valence-corrected chi connectivity index (χ0v) is 15.2. The van der Waals surface area contributed by atoms with Crippen molar-refractivity contribution >= 4 is 28.6 Å². The molecule has 0 N–H and O–H groups in total. The first-order valence-corrected chi connectivity index (χ1v) is 7.63. The zero-order valence-electron chi connectivity index (χ0n) is 12.8. The molecule has 0 heterocycles. The molecule has 2 heteroatoms. The van der Waals surface area contributed by atoms with Crippen LogP contribution in [0.2, 0.25) is 0 Å². The number of halogens is 1. The number of rotatable bonds is 4. The summed E-state index contributed by atoms with van der Waals surface area (Å²) in [6.45, 7) is 23.1. The largest absolute Gasteiger partial charge is 0.150 e. The summed E-state index contributed by atoms with van der Waals surface area (Å²) in [5, 5.41) is 1.64. The fraction of sp³-hybridized carbons (Fsp3) is 0.375. The number of thiol groups is 1. The van der Waals surface area contributed by atoms with Crippen molar-refractivity contribution < 1.29 is 0 Å². The van der Waals surface area contributed by atoms with Crippen LogP contribution < -0.4 is 0 Å². The van der Waals surface area contributed by atoms with Crippen molar-refractivity contribution in [3.05, 3.63) is 59.0 Å². The highest BCUT2D eigenvalue weighted by Gasteiger charge is 2.00. The fourth-order valence-electron chi connectivity index (χ4n) is 0.635. The Hall–Kier alpha value is -0.470. The molecule has 0 aromatic heterocycles. The van der Waals surface area contributed by atoms with Crippen LogP contribution in [0.5, 0.6) is 0 Å². The molecule has 0 aliphatic carbocycles. The van der Waals surface area contributed by atoms with Gasteiger partial charge >= 0.3 is 0 Å². The van der Waals surface area contributed by atoms with E-state index in [0.29, 0.717) is 0 Å². The Morgan fingerprint density at radius 1 is 1.00 bits per heavy atom. The number of hydrogen-bond donors (Lipinski definition) is 1. The Bertz CT molecular complexity index is 260. The van der Waals surface area contributed by atoms with Crippen molar-refractivity contribution in [2.45, 2.75) is 41.5 Å². The molecule has 0 nitrogen and oxygen atoms in total. The Labute approximate surface area is 129 Å². The van der Waals surface area contributed by atoms with Crippen LogP contribution in [0.15, 0.2) is 59.0 Å². The maximum absolute atomic E-state index is 4.00. The first-order chi connectivity index (χ1) is 8.67. The second-order valence-corrected chi connectivity index (χ2v) is 3.13. The standard InChI is InChI=1S/C10H11BrS.3C2H6/c1-4-6-9(5-2)8(3)10(11)7-12;3*1-2/h4-7,12H,1-3H2;3*1-2H3/b9-6+,10-7+;;;. The molecule has 0 aliphatic rings. The Morgan fingerprint density at radius 3 is 1.61 bits per heavy atom. The van der Waals surface area contributed by atoms with Crippen LogP contribution in [-0.2, 0) is 0 Å². The molecule has 0 spiro atoms. The molecule has 0 rings (SSSR count). The molecule has 0 aromatic rings. The van der Waals surface area contributed by atoms with Gasteiger partial charge in [-0.3, -0.25) is 0 Å². The van der Waals surface area contributed by atoms with E-state index in [1.165, 1.54) is 0 Å². The summed E-state index contributed by atoms with van der Waals surface area (Å²) in [4.78, 5) is 0. The minimum atomic E-state index is 0.846. The van der Waals surface area contributed by atoms with E-state index in [1.807, 2.05) is 47.6 Å². The maximum Gasteiger partial charge on any atom is 0.0308 e. The van der Waals surface area contributed by atoms with Gasteiger partial charge in [0, 0.05) is 4.48 Å². The molecule has 0 saturated carbocycles. The average Bonchev–Trinajstić information content (AvgIpc) is 2.49. The van der Waals surface area contributed by atoms with Gasteiger partial charge in [-0.1, -0.05) is 79.5 Å². The van der Waals surface area contributed by atoms with Crippen molar-refractivity contribution in [2.75, 3.05) is 0 Å². The smallest absolute Gasteiger partial charge is 0.0308 e. The van der Waals surface area contributed by atoms with Gasteiger partial charge in [0.2, 0.25) is 0 Å². The molecule has 0 aromatic carbocycles. The van der Waals surface area contributed by atoms with E-state index in [9.17, 15) is 0 Å². The van der Waals surface area contributed by atoms with Crippen LogP contribution in [0, 0.1) is 0 Å². The van der Waals surface area contributed by atoms with Crippen molar-refractivity contribution in [1.82, 2.24) is 0 Å². The third-order valence-electron chi connectivity index (χ3n) is 1.27. The lowest BCUT2D eigenvalue weighted by Gasteiger charge is -2.03. The van der Waals surface area contributed by atoms with Gasteiger partial charge in [0.15, 0.2) is 0 Å². The van der Waals surface area contributed by atoms with Crippen molar-refractivity contribution in [3.8, 4) is 0 Å². The molecule has 0 saturated heterocycles. The van der Waals surface area contributed by atoms with Gasteiger partial charge in [-0.25, -0.2) is 0 Å². The minimum absolute atomic E-state index is 0.846. The van der Waals surface area contributed by atoms with Gasteiger partial charge in [0.25, 0.3) is 0 Å². The van der Waals surface area contributed by atoms with E-state index in [4.69, 9.17) is 0 Å². The lowest BCUT2D eigenvalue weighted by Crippen LogP contribution is -1.83. The average molecular weight is 333 g/mol. The monoisotopic (exact) mass is 332 g/mol. The van der Waals surface area contributed by atoms with Crippen LogP contribution in [0.1, 0.15) is 41.5 Å². The van der Waals surface area contributed by atoms with Gasteiger partial charge < -0.3 is 0 Å². The summed E-state index contributed by atoms with van der Waals surface area (Å²) in [6.07, 6.45) is 5.26. The Balaban J connectivity index is -0.000000141. The quantitative estimate of drug-likeness (QED) is 0.412. The van der Waals surface area contributed by atoms with Crippen molar-refractivity contribution in [3.63, 3.8) is 0 Å². The highest BCUT2D eigenvalue weighted by atomic mass is 79.9. The predicted octanol–water partition coefficient (Wildman–Crippen LogP) is 7.09. The van der Waals surface area contributed by atoms with Gasteiger partial charge in [-0.15, -0.1) is 0 Å². The topological polar surface area (TPSA) is 0 Å². The van der Waals surface area contributed by atoms with Gasteiger partial charge in [0.05, 0.1) is 0 Å². The molecule has 0 atom stereocenters. The number of hydrogen-bond acceptors (Lipinski definition) is 1. The maximum atomic E-state index is 4.00. The van der Waals surface area contributed by atoms with E-state index >= 15 is 0 Å². The summed E-state index contributed by atoms with van der Waals surface area (Å²) in [7, 11) is 0. The van der Waals surface area contributed by atoms with Crippen LogP contribution >= 0.6 is 28.6 Å². The molecule has 0 unspecified atom stereocenters. The third-order valence-corrected chi connectivity index (χ3v) is 2.59. The van der Waals surface area contributed by atoms with Crippen molar-refractivity contribution in [1.29, 1.82) is 0 Å². The second-order valence-electron chi connectivity index (χ2n) is 2.02. The highest BCUT2D eigenvalue weighted by Crippen LogP contribution is 2.23. The van der Waals surface area contributed by atoms with Gasteiger partial charge in [-0.05, 0) is 32.5 Å². The predicted molar refractivity (Wildman–Crippen MR) is 97.7 cm³/mol. The SMILES string of the molecule is C=C/C=C(\C=C)C(=C)/C(Br)=C\S.CC.CC.CC. The van der Waals surface area contributed by atoms with Crippen LogP contribution in [0.25, 0.3) is 0 Å². The fourth-order valence-corrected chi connectivity index (χ4v) is 1.02. The third kappa shape index (κ3) is 15.5. The van der Waals surface area contributed by atoms with E-state index in [1.54, 1.807) is 17.6 Å². The van der Waals surface area contributed by atoms with Gasteiger partial charge in [-0.2, -0.15) is 12.6 Å². The zero-order chi connectivity index (χ0) is 15.6. The molecule has 106 valence electrons. The summed E-state index contributed by atoms with van der Waals surface area (Å²) in [5.74, 6) is 0. The molecule has 0 aliphatic heterocycles. The van der Waals surface area contributed by atoms with Crippen LogP contribution in [0.3, 0.4) is 0 Å². The second kappa shape index (κ2) is 25.4. The molecular weight excluding hydrogens is 304 g/mol. The first-order valence-electron chi connectivity index (χ1n) is 6.32. The van der Waals surface area contributed by atoms with E-state index < -0.39 is 0 Å². The lowest BCUT2D eigenvalue weighted by molar-refractivity contribution is 1.50. The first kappa shape index (κ1) is 26.2. The lowest BCUT2D eigenvalue weighted by atomic mass is 10.1. The molecular formula is C16H29BrS. The summed E-state index contributed by atoms with van der Waals surface area (Å²) < 4.78 is 0.846. The summed E-state index contributed by atoms with van der Waals surface area (Å²) in [6, 6.07) is 0. The summed E-state index contributed by atoms with van der Waals surface area (Å²) in [5.41, 5.74) is 1.78. The molecule has 0 fully saturated rings. The molecule has 18 heavy (non-hydrogen) atoms. The van der Waals surface area contributed by atoms with Gasteiger partial charge in [0.1, 0.15) is 0 Å². The molecule has 0 bridgehead atoms. The minimum Gasteiger partial charge on any atom is -0.150 e. The van der Waals surface area contributed by atoms with E-state index in [-0.39, 0.29) is 0 Å². The van der Waals surface area contributed by atoms with E-state index in [2.05, 4.69) is 48.3 Å². The number of allylic oxidation sites excluding steroid dienone is 6. The van der Waals surface area contributed by atoms with E-state index in [0.717, 1.165) is 15.6 Å². The summed E-state index contributed by atoms with van der Waals surface area (Å²) >= 11 is 7.32. The Morgan fingerprint density at radius 2 is 1.39 bits per heavy atom. The highest BCUT2D eigenvalue weighted by molar-refractivity contribution is 9.12. The van der Waals surface area contributed by atoms with Crippen LogP contribution in [-0.4, -0.2) is 0 Å². The Kier molecular flexibility index (Phi) is 36.9. The van der Waals surface area contributed by atoms with Crippen LogP contribution in [0.4, 0.5) is 0 Å². The normalized spacial score (nSPS) is 9.33.